The van der Waals surface area contributed by atoms with Gasteiger partial charge in [-0.2, -0.15) is 18.2 Å². The van der Waals surface area contributed by atoms with E-state index < -0.39 is 24.5 Å². The van der Waals surface area contributed by atoms with Crippen LogP contribution in [0.4, 0.5) is 29.5 Å². The highest BCUT2D eigenvalue weighted by Gasteiger charge is 2.57. The Morgan fingerprint density at radius 3 is 2.78 bits per heavy atom. The zero-order valence-corrected chi connectivity index (χ0v) is 16.7. The Labute approximate surface area is 178 Å². The molecule has 0 radical (unpaired) electrons. The molecule has 3 atom stereocenters. The van der Waals surface area contributed by atoms with Crippen molar-refractivity contribution in [1.29, 1.82) is 0 Å². The van der Waals surface area contributed by atoms with Crippen molar-refractivity contribution in [2.24, 2.45) is 5.92 Å². The highest BCUT2D eigenvalue weighted by atomic mass is 19.4. The minimum Gasteiger partial charge on any atom is -0.424 e. The number of piperidine rings is 1. The molecule has 1 saturated carbocycles. The fourth-order valence-electron chi connectivity index (χ4n) is 3.95. The fraction of sp³-hybridized carbons (Fsp3) is 0.368. The van der Waals surface area contributed by atoms with Gasteiger partial charge in [0.1, 0.15) is 18.1 Å². The number of nitrogens with zero attached hydrogens (tertiary/aromatic N) is 6. The summed E-state index contributed by atoms with van der Waals surface area (Å²) in [6.45, 7) is 4.96. The molecule has 5 rings (SSSR count). The van der Waals surface area contributed by atoms with Crippen molar-refractivity contribution >= 4 is 12.0 Å². The van der Waals surface area contributed by atoms with E-state index in [0.717, 1.165) is 11.6 Å². The summed E-state index contributed by atoms with van der Waals surface area (Å²) in [5.74, 6) is -0.0435. The monoisotopic (exact) mass is 451 g/mol. The van der Waals surface area contributed by atoms with Crippen LogP contribution < -0.4 is 15.0 Å². The van der Waals surface area contributed by atoms with Gasteiger partial charge in [-0.05, 0) is 17.7 Å². The zero-order chi connectivity index (χ0) is 22.6. The number of halogens is 4. The molecule has 3 heterocycles. The van der Waals surface area contributed by atoms with Gasteiger partial charge in [0, 0.05) is 25.5 Å². The van der Waals surface area contributed by atoms with Crippen molar-refractivity contribution in [3.05, 3.63) is 48.1 Å². The molecular formula is C19H17F4N7O2. The summed E-state index contributed by atoms with van der Waals surface area (Å²) in [6.07, 6.45) is -4.55. The topological polar surface area (TPSA) is 94.1 Å². The van der Waals surface area contributed by atoms with E-state index in [4.69, 9.17) is 9.15 Å². The Hall–Kier alpha value is -3.64. The second-order valence-electron chi connectivity index (χ2n) is 7.61. The van der Waals surface area contributed by atoms with E-state index >= 15 is 0 Å². The Kier molecular flexibility index (Phi) is 4.57. The molecule has 32 heavy (non-hydrogen) atoms. The molecule has 1 saturated heterocycles. The van der Waals surface area contributed by atoms with Crippen LogP contribution in [0.5, 0.6) is 11.8 Å². The minimum atomic E-state index is -4.55. The van der Waals surface area contributed by atoms with Crippen LogP contribution in [0.25, 0.3) is 0 Å². The maximum Gasteiger partial charge on any atom is 0.408 e. The molecule has 1 aliphatic carbocycles. The summed E-state index contributed by atoms with van der Waals surface area (Å²) >= 11 is 0. The highest BCUT2D eigenvalue weighted by Crippen LogP contribution is 2.48. The smallest absolute Gasteiger partial charge is 0.408 e. The quantitative estimate of drug-likeness (QED) is 0.451. The largest absolute Gasteiger partial charge is 0.424 e. The van der Waals surface area contributed by atoms with E-state index in [1.54, 1.807) is 6.92 Å². The lowest BCUT2D eigenvalue weighted by atomic mass is 9.63. The van der Waals surface area contributed by atoms with E-state index in [1.165, 1.54) is 18.2 Å². The number of aromatic nitrogens is 5. The summed E-state index contributed by atoms with van der Waals surface area (Å²) in [7, 11) is 0. The number of nitrogens with one attached hydrogen (secondary N) is 1. The van der Waals surface area contributed by atoms with Crippen molar-refractivity contribution in [2.45, 2.75) is 31.7 Å². The van der Waals surface area contributed by atoms with Crippen LogP contribution in [-0.4, -0.2) is 49.8 Å². The lowest BCUT2D eigenvalue weighted by molar-refractivity contribution is -0.143. The maximum atomic E-state index is 13.4. The van der Waals surface area contributed by atoms with Crippen molar-refractivity contribution in [3.63, 3.8) is 0 Å². The first-order chi connectivity index (χ1) is 15.2. The highest BCUT2D eigenvalue weighted by molar-refractivity contribution is 5.54. The van der Waals surface area contributed by atoms with Crippen LogP contribution >= 0.6 is 0 Å². The van der Waals surface area contributed by atoms with Gasteiger partial charge in [0.2, 0.25) is 11.8 Å². The first kappa shape index (κ1) is 20.3. The van der Waals surface area contributed by atoms with E-state index in [2.05, 4.69) is 32.2 Å². The van der Waals surface area contributed by atoms with Crippen LogP contribution in [0.1, 0.15) is 5.89 Å². The number of fused-ring (bicyclic) bond motifs is 1. The van der Waals surface area contributed by atoms with Gasteiger partial charge in [-0.3, -0.25) is 0 Å². The number of aryl methyl sites for hydroxylation is 1. The van der Waals surface area contributed by atoms with Gasteiger partial charge in [-0.1, -0.05) is 17.7 Å². The van der Waals surface area contributed by atoms with Crippen LogP contribution in [0, 0.1) is 18.7 Å². The molecular weight excluding hydrogens is 434 g/mol. The minimum absolute atomic E-state index is 0.00461. The molecule has 9 nitrogen and oxygen atoms in total. The van der Waals surface area contributed by atoms with Crippen molar-refractivity contribution in [1.82, 2.24) is 25.0 Å². The maximum absolute atomic E-state index is 13.4. The average molecular weight is 451 g/mol. The molecule has 1 aliphatic heterocycles. The predicted molar refractivity (Wildman–Crippen MR) is 103 cm³/mol. The van der Waals surface area contributed by atoms with Crippen molar-refractivity contribution in [3.8, 4) is 11.8 Å². The molecule has 13 heteroatoms. The normalized spacial score (nSPS) is 22.2. The van der Waals surface area contributed by atoms with E-state index in [1.807, 2.05) is 4.90 Å². The molecule has 3 unspecified atom stereocenters. The van der Waals surface area contributed by atoms with E-state index in [-0.39, 0.29) is 29.7 Å². The summed E-state index contributed by atoms with van der Waals surface area (Å²) in [4.78, 5) is 5.96. The third-order valence-electron chi connectivity index (χ3n) is 5.37. The number of hydrogen-bond donors (Lipinski definition) is 1. The Balaban J connectivity index is 1.31. The Bertz CT molecular complexity index is 1170. The van der Waals surface area contributed by atoms with E-state index in [9.17, 15) is 17.6 Å². The van der Waals surface area contributed by atoms with Crippen LogP contribution in [0.3, 0.4) is 0 Å². The third-order valence-corrected chi connectivity index (χ3v) is 5.37. The predicted octanol–water partition coefficient (Wildman–Crippen LogP) is 3.32. The fourth-order valence-corrected chi connectivity index (χ4v) is 3.95. The molecule has 2 aliphatic rings. The molecule has 1 N–H and O–H groups in total. The van der Waals surface area contributed by atoms with Crippen LogP contribution in [0.15, 0.2) is 40.8 Å². The van der Waals surface area contributed by atoms with Crippen LogP contribution in [0.2, 0.25) is 0 Å². The lowest BCUT2D eigenvalue weighted by Crippen LogP contribution is -2.72. The molecule has 2 aromatic heterocycles. The number of rotatable bonds is 6. The average Bonchev–Trinajstić information content (AvgIpc) is 3.25. The first-order valence-corrected chi connectivity index (χ1v) is 9.65. The molecule has 0 bridgehead atoms. The number of alkyl halides is 3. The number of anilines is 2. The molecule has 2 fully saturated rings. The Morgan fingerprint density at radius 1 is 1.31 bits per heavy atom. The molecule has 168 valence electrons. The SMILES string of the molecule is C=C1C(Nc2nc(Oc3cccc(F)c3)n(CC(F)(F)F)n2)C2CN(c3nnc(C)o3)C12. The summed E-state index contributed by atoms with van der Waals surface area (Å²) < 4.78 is 63.8. The first-order valence-electron chi connectivity index (χ1n) is 9.65. The summed E-state index contributed by atoms with van der Waals surface area (Å²) in [5, 5.41) is 14.7. The van der Waals surface area contributed by atoms with Gasteiger partial charge in [-0.25, -0.2) is 9.07 Å². The second-order valence-corrected chi connectivity index (χ2v) is 7.61. The van der Waals surface area contributed by atoms with Gasteiger partial charge in [0.25, 0.3) is 0 Å². The summed E-state index contributed by atoms with van der Waals surface area (Å²) in [6, 6.07) is 4.77. The van der Waals surface area contributed by atoms with Crippen molar-refractivity contribution in [2.75, 3.05) is 16.8 Å². The van der Waals surface area contributed by atoms with Gasteiger partial charge in [0.15, 0.2) is 0 Å². The van der Waals surface area contributed by atoms with E-state index in [0.29, 0.717) is 23.1 Å². The van der Waals surface area contributed by atoms with Gasteiger partial charge in [-0.15, -0.1) is 10.2 Å². The lowest BCUT2D eigenvalue weighted by Gasteiger charge is -2.60. The van der Waals surface area contributed by atoms with Crippen LogP contribution in [-0.2, 0) is 6.54 Å². The Morgan fingerprint density at radius 2 is 2.12 bits per heavy atom. The number of ether oxygens (including phenoxy) is 1. The van der Waals surface area contributed by atoms with Gasteiger partial charge in [0.05, 0.1) is 12.1 Å². The molecule has 3 aromatic rings. The molecule has 0 amide bonds. The standard InChI is InChI=1S/C19H17F4N7O2/c1-9-14(13-7-29(15(9)13)18-27-26-10(2)31-18)24-16-25-17(30(28-16)8-19(21,22)23)32-12-5-3-4-11(20)6-12/h3-6,13-15H,1,7-8H2,2H3,(H,24,28). The number of hydrogen-bond acceptors (Lipinski definition) is 8. The zero-order valence-electron chi connectivity index (χ0n) is 16.7. The van der Waals surface area contributed by atoms with Gasteiger partial charge < -0.3 is 19.4 Å². The third kappa shape index (κ3) is 3.63. The molecule has 0 spiro atoms. The second kappa shape index (κ2) is 7.21. The van der Waals surface area contributed by atoms with Gasteiger partial charge >= 0.3 is 18.2 Å². The molecule has 1 aromatic carbocycles. The number of benzene rings is 1. The van der Waals surface area contributed by atoms with Crippen molar-refractivity contribution < 1.29 is 26.7 Å². The summed E-state index contributed by atoms with van der Waals surface area (Å²) in [5.41, 5.74) is 0.803.